The van der Waals surface area contributed by atoms with Gasteiger partial charge in [0.2, 0.25) is 0 Å². The first kappa shape index (κ1) is 17.9. The summed E-state index contributed by atoms with van der Waals surface area (Å²) in [5, 5.41) is 6.90. The molecule has 3 aliphatic rings. The molecule has 3 saturated carbocycles. The van der Waals surface area contributed by atoms with E-state index in [4.69, 9.17) is 4.52 Å². The van der Waals surface area contributed by atoms with Crippen molar-refractivity contribution in [2.75, 3.05) is 0 Å². The maximum Gasteiger partial charge on any atom is 0.341 e. The van der Waals surface area contributed by atoms with Crippen molar-refractivity contribution < 1.29 is 9.09 Å². The summed E-state index contributed by atoms with van der Waals surface area (Å²) in [5.74, 6) is 0. The van der Waals surface area contributed by atoms with Crippen LogP contribution >= 0.6 is 7.67 Å². The first-order valence-corrected chi connectivity index (χ1v) is 11.7. The van der Waals surface area contributed by atoms with Gasteiger partial charge in [-0.3, -0.25) is 4.57 Å². The molecular formula is C18H35N2O2P. The van der Waals surface area contributed by atoms with Crippen LogP contribution in [-0.2, 0) is 9.09 Å². The molecule has 4 nitrogen and oxygen atoms in total. The highest BCUT2D eigenvalue weighted by atomic mass is 31.2. The fourth-order valence-corrected chi connectivity index (χ4v) is 6.73. The fourth-order valence-electron chi connectivity index (χ4n) is 4.42. The molecule has 0 aromatic carbocycles. The molecular weight excluding hydrogens is 307 g/mol. The van der Waals surface area contributed by atoms with Crippen LogP contribution in [0.15, 0.2) is 0 Å². The lowest BCUT2D eigenvalue weighted by molar-refractivity contribution is 0.146. The van der Waals surface area contributed by atoms with Crippen molar-refractivity contribution in [3.63, 3.8) is 0 Å². The maximum atomic E-state index is 13.6. The Morgan fingerprint density at radius 2 is 1.00 bits per heavy atom. The average Bonchev–Trinajstić information content (AvgIpc) is 2.57. The molecule has 0 spiro atoms. The Kier molecular flexibility index (Phi) is 7.00. The Balaban J connectivity index is 1.61. The van der Waals surface area contributed by atoms with Crippen molar-refractivity contribution in [3.05, 3.63) is 0 Å². The molecule has 3 aliphatic carbocycles. The third-order valence-corrected chi connectivity index (χ3v) is 7.77. The van der Waals surface area contributed by atoms with Gasteiger partial charge in [0.1, 0.15) is 0 Å². The molecule has 3 rings (SSSR count). The second kappa shape index (κ2) is 8.99. The second-order valence-electron chi connectivity index (χ2n) is 7.84. The van der Waals surface area contributed by atoms with Gasteiger partial charge in [0.25, 0.3) is 0 Å². The normalized spacial score (nSPS) is 26.4. The van der Waals surface area contributed by atoms with Gasteiger partial charge in [-0.15, -0.1) is 0 Å². The van der Waals surface area contributed by atoms with Crippen molar-refractivity contribution >= 4 is 7.67 Å². The highest BCUT2D eigenvalue weighted by Gasteiger charge is 2.34. The molecule has 0 radical (unpaired) electrons. The maximum absolute atomic E-state index is 13.6. The molecule has 0 atom stereocenters. The highest BCUT2D eigenvalue weighted by molar-refractivity contribution is 7.54. The van der Waals surface area contributed by atoms with E-state index in [1.165, 1.54) is 57.8 Å². The van der Waals surface area contributed by atoms with Crippen LogP contribution in [0.1, 0.15) is 96.3 Å². The van der Waals surface area contributed by atoms with Crippen molar-refractivity contribution in [3.8, 4) is 0 Å². The lowest BCUT2D eigenvalue weighted by Crippen LogP contribution is -2.40. The Labute approximate surface area is 142 Å². The summed E-state index contributed by atoms with van der Waals surface area (Å²) in [7, 11) is -2.92. The SMILES string of the molecule is O=P(NC1CCCCC1)(NC1CCCCC1)OC1CCCCC1. The summed E-state index contributed by atoms with van der Waals surface area (Å²) in [6.45, 7) is 0. The van der Waals surface area contributed by atoms with E-state index in [1.54, 1.807) is 0 Å². The summed E-state index contributed by atoms with van der Waals surface area (Å²) >= 11 is 0. The molecule has 0 bridgehead atoms. The molecule has 5 heteroatoms. The molecule has 2 N–H and O–H groups in total. The van der Waals surface area contributed by atoms with E-state index in [1.807, 2.05) is 0 Å². The number of nitrogens with one attached hydrogen (secondary N) is 2. The van der Waals surface area contributed by atoms with Gasteiger partial charge in [-0.25, -0.2) is 10.2 Å². The van der Waals surface area contributed by atoms with Crippen LogP contribution in [0.4, 0.5) is 0 Å². The molecule has 0 amide bonds. The van der Waals surface area contributed by atoms with Gasteiger partial charge < -0.3 is 4.52 Å². The minimum atomic E-state index is -2.92. The van der Waals surface area contributed by atoms with Gasteiger partial charge in [0, 0.05) is 12.1 Å². The quantitative estimate of drug-likeness (QED) is 0.644. The zero-order chi connectivity index (χ0) is 16.0. The van der Waals surface area contributed by atoms with Crippen LogP contribution in [0.2, 0.25) is 0 Å². The topological polar surface area (TPSA) is 50.4 Å². The molecule has 0 aromatic heterocycles. The van der Waals surface area contributed by atoms with Crippen molar-refractivity contribution in [1.29, 1.82) is 0 Å². The van der Waals surface area contributed by atoms with Crippen LogP contribution in [0, 0.1) is 0 Å². The van der Waals surface area contributed by atoms with E-state index >= 15 is 0 Å². The molecule has 0 aromatic rings. The van der Waals surface area contributed by atoms with Crippen LogP contribution in [0.3, 0.4) is 0 Å². The molecule has 134 valence electrons. The predicted molar refractivity (Wildman–Crippen MR) is 95.6 cm³/mol. The molecule has 3 fully saturated rings. The first-order valence-electron chi connectivity index (χ1n) is 10.1. The van der Waals surface area contributed by atoms with E-state index in [-0.39, 0.29) is 6.10 Å². The van der Waals surface area contributed by atoms with E-state index in [2.05, 4.69) is 10.2 Å². The van der Waals surface area contributed by atoms with Crippen LogP contribution < -0.4 is 10.2 Å². The minimum absolute atomic E-state index is 0.182. The Morgan fingerprint density at radius 1 is 0.609 bits per heavy atom. The van der Waals surface area contributed by atoms with Gasteiger partial charge in [0.05, 0.1) is 6.10 Å². The summed E-state index contributed by atoms with van der Waals surface area (Å²) in [5.41, 5.74) is 0. The number of hydrogen-bond donors (Lipinski definition) is 2. The summed E-state index contributed by atoms with van der Waals surface area (Å²) in [6.07, 6.45) is 18.3. The summed E-state index contributed by atoms with van der Waals surface area (Å²) < 4.78 is 19.8. The van der Waals surface area contributed by atoms with Crippen molar-refractivity contribution in [2.24, 2.45) is 0 Å². The van der Waals surface area contributed by atoms with Crippen LogP contribution in [0.25, 0.3) is 0 Å². The van der Waals surface area contributed by atoms with Gasteiger partial charge in [-0.1, -0.05) is 57.8 Å². The van der Waals surface area contributed by atoms with Gasteiger partial charge in [0.15, 0.2) is 0 Å². The standard InChI is InChI=1S/C18H35N2O2P/c21-23(19-16-10-4-1-5-11-16,20-17-12-6-2-7-13-17)22-18-14-8-3-9-15-18/h16-18H,1-15H2,(H2,19,20,21). The Bertz CT molecular complexity index is 329. The van der Waals surface area contributed by atoms with Gasteiger partial charge in [-0.2, -0.15) is 0 Å². The van der Waals surface area contributed by atoms with Crippen molar-refractivity contribution in [2.45, 2.75) is 114 Å². The Morgan fingerprint density at radius 3 is 1.43 bits per heavy atom. The highest BCUT2D eigenvalue weighted by Crippen LogP contribution is 2.45. The van der Waals surface area contributed by atoms with Crippen molar-refractivity contribution in [1.82, 2.24) is 10.2 Å². The molecule has 0 heterocycles. The molecule has 0 unspecified atom stereocenters. The lowest BCUT2D eigenvalue weighted by atomic mass is 9.96. The van der Waals surface area contributed by atoms with E-state index in [9.17, 15) is 4.57 Å². The number of hydrogen-bond acceptors (Lipinski definition) is 2. The predicted octanol–water partition coefficient (Wildman–Crippen LogP) is 5.29. The first-order chi connectivity index (χ1) is 11.2. The van der Waals surface area contributed by atoms with E-state index in [0.29, 0.717) is 12.1 Å². The average molecular weight is 342 g/mol. The second-order valence-corrected chi connectivity index (χ2v) is 9.68. The monoisotopic (exact) mass is 342 g/mol. The lowest BCUT2D eigenvalue weighted by Gasteiger charge is -2.35. The Hall–Kier alpha value is 0.110. The zero-order valence-electron chi connectivity index (χ0n) is 14.6. The summed E-state index contributed by atoms with van der Waals surface area (Å²) in [4.78, 5) is 0. The largest absolute Gasteiger partial charge is 0.341 e. The molecule has 0 aliphatic heterocycles. The fraction of sp³-hybridized carbons (Fsp3) is 1.00. The molecule has 23 heavy (non-hydrogen) atoms. The number of rotatable bonds is 6. The van der Waals surface area contributed by atoms with E-state index < -0.39 is 7.67 Å². The third kappa shape index (κ3) is 5.85. The van der Waals surface area contributed by atoms with Crippen LogP contribution in [-0.4, -0.2) is 18.2 Å². The van der Waals surface area contributed by atoms with Crippen LogP contribution in [0.5, 0.6) is 0 Å². The minimum Gasteiger partial charge on any atom is -0.303 e. The third-order valence-electron chi connectivity index (χ3n) is 5.77. The molecule has 0 saturated heterocycles. The van der Waals surface area contributed by atoms with E-state index in [0.717, 1.165) is 38.5 Å². The van der Waals surface area contributed by atoms with Gasteiger partial charge >= 0.3 is 7.67 Å². The van der Waals surface area contributed by atoms with Gasteiger partial charge in [-0.05, 0) is 38.5 Å². The zero-order valence-corrected chi connectivity index (χ0v) is 15.5. The smallest absolute Gasteiger partial charge is 0.303 e. The summed E-state index contributed by atoms with van der Waals surface area (Å²) in [6, 6.07) is 0.739.